The van der Waals surface area contributed by atoms with Crippen molar-refractivity contribution in [1.82, 2.24) is 10.2 Å². The summed E-state index contributed by atoms with van der Waals surface area (Å²) in [6.07, 6.45) is 9.73. The number of nitrogens with one attached hydrogen (secondary N) is 1. The topological polar surface area (TPSA) is 49.4 Å². The van der Waals surface area contributed by atoms with Crippen molar-refractivity contribution in [2.24, 2.45) is 5.92 Å². The van der Waals surface area contributed by atoms with Gasteiger partial charge < -0.3 is 10.2 Å². The summed E-state index contributed by atoms with van der Waals surface area (Å²) < 4.78 is 0. The summed E-state index contributed by atoms with van der Waals surface area (Å²) in [4.78, 5) is 26.7. The van der Waals surface area contributed by atoms with Crippen molar-refractivity contribution < 1.29 is 9.59 Å². The van der Waals surface area contributed by atoms with Crippen LogP contribution >= 0.6 is 0 Å². The fraction of sp³-hybridized carbons (Fsp3) is 0.882. The predicted octanol–water partition coefficient (Wildman–Crippen LogP) is 2.86. The monoisotopic (exact) mass is 294 g/mol. The van der Waals surface area contributed by atoms with Crippen LogP contribution in [0.15, 0.2) is 0 Å². The zero-order valence-corrected chi connectivity index (χ0v) is 13.6. The van der Waals surface area contributed by atoms with Crippen LogP contribution in [-0.2, 0) is 9.59 Å². The Labute approximate surface area is 128 Å². The first-order chi connectivity index (χ1) is 10.1. The molecule has 1 saturated carbocycles. The average molecular weight is 294 g/mol. The second-order valence-electron chi connectivity index (χ2n) is 7.03. The van der Waals surface area contributed by atoms with Gasteiger partial charge in [-0.1, -0.05) is 46.0 Å². The van der Waals surface area contributed by atoms with E-state index in [9.17, 15) is 9.59 Å². The van der Waals surface area contributed by atoms with Gasteiger partial charge in [0.25, 0.3) is 0 Å². The molecule has 21 heavy (non-hydrogen) atoms. The van der Waals surface area contributed by atoms with Crippen LogP contribution in [0.1, 0.15) is 71.6 Å². The van der Waals surface area contributed by atoms with E-state index < -0.39 is 0 Å². The number of rotatable bonds is 3. The molecule has 1 aliphatic heterocycles. The second-order valence-corrected chi connectivity index (χ2v) is 7.03. The summed E-state index contributed by atoms with van der Waals surface area (Å²) in [5, 5.41) is 2.93. The van der Waals surface area contributed by atoms with Crippen LogP contribution < -0.4 is 5.32 Å². The molecule has 1 unspecified atom stereocenters. The normalized spacial score (nSPS) is 26.2. The third kappa shape index (κ3) is 4.72. The lowest BCUT2D eigenvalue weighted by Crippen LogP contribution is -2.49. The molecule has 0 bridgehead atoms. The molecule has 2 amide bonds. The fourth-order valence-corrected chi connectivity index (χ4v) is 3.60. The molecule has 2 aliphatic rings. The molecule has 0 aromatic rings. The van der Waals surface area contributed by atoms with E-state index in [1.54, 1.807) is 0 Å². The van der Waals surface area contributed by atoms with E-state index in [4.69, 9.17) is 0 Å². The first-order valence-electron chi connectivity index (χ1n) is 8.67. The van der Waals surface area contributed by atoms with Crippen molar-refractivity contribution in [3.63, 3.8) is 0 Å². The molecule has 0 radical (unpaired) electrons. The van der Waals surface area contributed by atoms with E-state index >= 15 is 0 Å². The SMILES string of the molecule is CC(C)CC1NC(=O)CCN(C2CCCCCCC2)C1=O. The van der Waals surface area contributed by atoms with Crippen molar-refractivity contribution in [2.75, 3.05) is 6.54 Å². The van der Waals surface area contributed by atoms with Crippen LogP contribution in [0.5, 0.6) is 0 Å². The highest BCUT2D eigenvalue weighted by atomic mass is 16.2. The number of carbonyl (C=O) groups excluding carboxylic acids is 2. The molecular formula is C17H30N2O2. The summed E-state index contributed by atoms with van der Waals surface area (Å²) in [5.41, 5.74) is 0. The van der Waals surface area contributed by atoms with E-state index in [1.807, 2.05) is 4.90 Å². The molecule has 0 spiro atoms. The lowest BCUT2D eigenvalue weighted by molar-refractivity contribution is -0.136. The predicted molar refractivity (Wildman–Crippen MR) is 83.8 cm³/mol. The van der Waals surface area contributed by atoms with Gasteiger partial charge in [0, 0.05) is 19.0 Å². The Morgan fingerprint density at radius 2 is 1.71 bits per heavy atom. The van der Waals surface area contributed by atoms with Gasteiger partial charge in [0.15, 0.2) is 0 Å². The Balaban J connectivity index is 2.07. The highest BCUT2D eigenvalue weighted by Gasteiger charge is 2.33. The number of hydrogen-bond acceptors (Lipinski definition) is 2. The number of carbonyl (C=O) groups is 2. The van der Waals surface area contributed by atoms with E-state index in [-0.39, 0.29) is 17.9 Å². The average Bonchev–Trinajstić information content (AvgIpc) is 2.50. The van der Waals surface area contributed by atoms with Crippen LogP contribution in [0, 0.1) is 5.92 Å². The number of amides is 2. The lowest BCUT2D eigenvalue weighted by atomic mass is 9.94. The molecule has 0 aromatic carbocycles. The van der Waals surface area contributed by atoms with Gasteiger partial charge in [-0.15, -0.1) is 0 Å². The zero-order valence-electron chi connectivity index (χ0n) is 13.6. The molecule has 1 heterocycles. The van der Waals surface area contributed by atoms with Crippen LogP contribution in [0.3, 0.4) is 0 Å². The minimum atomic E-state index is -0.314. The summed E-state index contributed by atoms with van der Waals surface area (Å²) in [5.74, 6) is 0.596. The molecule has 2 fully saturated rings. The summed E-state index contributed by atoms with van der Waals surface area (Å²) in [6, 6.07) is 0.0330. The Kier molecular flexibility index (Phi) is 6.07. The van der Waals surface area contributed by atoms with E-state index in [1.165, 1.54) is 32.1 Å². The van der Waals surface area contributed by atoms with Gasteiger partial charge in [0.1, 0.15) is 6.04 Å². The number of hydrogen-bond donors (Lipinski definition) is 1. The summed E-state index contributed by atoms with van der Waals surface area (Å²) in [7, 11) is 0. The van der Waals surface area contributed by atoms with Crippen molar-refractivity contribution in [1.29, 1.82) is 0 Å². The molecule has 1 atom stereocenters. The van der Waals surface area contributed by atoms with E-state index in [0.717, 1.165) is 19.3 Å². The maximum atomic E-state index is 12.8. The van der Waals surface area contributed by atoms with Gasteiger partial charge in [-0.05, 0) is 25.2 Å². The van der Waals surface area contributed by atoms with E-state index in [0.29, 0.717) is 24.9 Å². The smallest absolute Gasteiger partial charge is 0.245 e. The van der Waals surface area contributed by atoms with Crippen LogP contribution in [0.4, 0.5) is 0 Å². The van der Waals surface area contributed by atoms with Gasteiger partial charge in [-0.2, -0.15) is 0 Å². The van der Waals surface area contributed by atoms with Crippen molar-refractivity contribution >= 4 is 11.8 Å². The van der Waals surface area contributed by atoms with Crippen molar-refractivity contribution in [3.8, 4) is 0 Å². The molecule has 120 valence electrons. The summed E-state index contributed by atoms with van der Waals surface area (Å²) in [6.45, 7) is 4.80. The van der Waals surface area contributed by atoms with Crippen molar-refractivity contribution in [2.45, 2.75) is 83.7 Å². The van der Waals surface area contributed by atoms with Crippen LogP contribution in [0.25, 0.3) is 0 Å². The van der Waals surface area contributed by atoms with Gasteiger partial charge >= 0.3 is 0 Å². The van der Waals surface area contributed by atoms with Gasteiger partial charge in [-0.25, -0.2) is 0 Å². The van der Waals surface area contributed by atoms with E-state index in [2.05, 4.69) is 19.2 Å². The quantitative estimate of drug-likeness (QED) is 0.870. The molecule has 0 aromatic heterocycles. The highest BCUT2D eigenvalue weighted by molar-refractivity contribution is 5.90. The Bertz CT molecular complexity index is 360. The summed E-state index contributed by atoms with van der Waals surface area (Å²) >= 11 is 0. The molecule has 4 nitrogen and oxygen atoms in total. The minimum Gasteiger partial charge on any atom is -0.344 e. The standard InChI is InChI=1S/C17H30N2O2/c1-13(2)12-15-17(21)19(11-10-16(20)18-15)14-8-6-4-3-5-7-9-14/h13-15H,3-12H2,1-2H3,(H,18,20). The Hall–Kier alpha value is -1.06. The molecule has 1 saturated heterocycles. The van der Waals surface area contributed by atoms with Gasteiger partial charge in [-0.3, -0.25) is 9.59 Å². The van der Waals surface area contributed by atoms with Gasteiger partial charge in [0.2, 0.25) is 11.8 Å². The Morgan fingerprint density at radius 1 is 1.10 bits per heavy atom. The maximum Gasteiger partial charge on any atom is 0.245 e. The molecule has 2 rings (SSSR count). The van der Waals surface area contributed by atoms with Crippen LogP contribution in [0.2, 0.25) is 0 Å². The Morgan fingerprint density at radius 3 is 2.33 bits per heavy atom. The highest BCUT2D eigenvalue weighted by Crippen LogP contribution is 2.24. The maximum absolute atomic E-state index is 12.8. The lowest BCUT2D eigenvalue weighted by Gasteiger charge is -2.34. The fourth-order valence-electron chi connectivity index (χ4n) is 3.60. The first-order valence-corrected chi connectivity index (χ1v) is 8.67. The number of nitrogens with zero attached hydrogens (tertiary/aromatic N) is 1. The molecular weight excluding hydrogens is 264 g/mol. The molecule has 4 heteroatoms. The molecule has 1 aliphatic carbocycles. The van der Waals surface area contributed by atoms with Crippen LogP contribution in [-0.4, -0.2) is 35.3 Å². The van der Waals surface area contributed by atoms with Gasteiger partial charge in [0.05, 0.1) is 0 Å². The van der Waals surface area contributed by atoms with Crippen molar-refractivity contribution in [3.05, 3.63) is 0 Å². The largest absolute Gasteiger partial charge is 0.344 e. The zero-order chi connectivity index (χ0) is 15.2. The second kappa shape index (κ2) is 7.81. The first kappa shape index (κ1) is 16.3. The third-order valence-electron chi connectivity index (χ3n) is 4.72. The molecule has 1 N–H and O–H groups in total. The third-order valence-corrected chi connectivity index (χ3v) is 4.72. The minimum absolute atomic E-state index is 0.0299.